The highest BCUT2D eigenvalue weighted by atomic mass is 35.5. The molecule has 1 aromatic heterocycles. The Balaban J connectivity index is 1.44. The lowest BCUT2D eigenvalue weighted by atomic mass is 9.95. The highest BCUT2D eigenvalue weighted by Gasteiger charge is 2.16. The molecule has 1 saturated carbocycles. The van der Waals surface area contributed by atoms with Crippen LogP contribution in [-0.4, -0.2) is 29.6 Å². The minimum absolute atomic E-state index is 0.0166. The smallest absolute Gasteiger partial charge is 0.239 e. The average Bonchev–Trinajstić information content (AvgIpc) is 3.10. The first-order valence-electron chi connectivity index (χ1n) is 8.88. The normalized spacial score (nSPS) is 14.8. The third-order valence-corrected chi connectivity index (χ3v) is 4.70. The van der Waals surface area contributed by atoms with Gasteiger partial charge >= 0.3 is 0 Å². The highest BCUT2D eigenvalue weighted by Crippen LogP contribution is 2.22. The summed E-state index contributed by atoms with van der Waals surface area (Å²) >= 11 is 5.86. The number of aromatic nitrogens is 1. The molecule has 0 saturated heterocycles. The molecule has 26 heavy (non-hydrogen) atoms. The molecule has 1 aromatic carbocycles. The van der Waals surface area contributed by atoms with Crippen LogP contribution in [0.4, 0.5) is 0 Å². The second-order valence-corrected chi connectivity index (χ2v) is 6.98. The SMILES string of the molecule is O=C(Cc1cc(-c2ccc(Cl)cc2)on1)NCC(=O)NC1CCCCC1. The number of amides is 2. The van der Waals surface area contributed by atoms with Gasteiger partial charge in [-0.1, -0.05) is 36.0 Å². The quantitative estimate of drug-likeness (QED) is 0.812. The minimum Gasteiger partial charge on any atom is -0.356 e. The van der Waals surface area contributed by atoms with Crippen molar-refractivity contribution < 1.29 is 14.1 Å². The van der Waals surface area contributed by atoms with Crippen LogP contribution in [0.15, 0.2) is 34.9 Å². The highest BCUT2D eigenvalue weighted by molar-refractivity contribution is 6.30. The predicted octanol–water partition coefficient (Wildman–Crippen LogP) is 3.10. The average molecular weight is 376 g/mol. The molecule has 0 spiro atoms. The number of carbonyl (C=O) groups excluding carboxylic acids is 2. The van der Waals surface area contributed by atoms with Gasteiger partial charge in [-0.25, -0.2) is 0 Å². The third kappa shape index (κ3) is 5.33. The number of halogens is 1. The molecule has 1 aliphatic rings. The van der Waals surface area contributed by atoms with Crippen molar-refractivity contribution in [3.05, 3.63) is 41.0 Å². The molecule has 0 aliphatic heterocycles. The fraction of sp³-hybridized carbons (Fsp3) is 0.421. The Morgan fingerprint density at radius 3 is 2.58 bits per heavy atom. The Kier molecular flexibility index (Phi) is 6.28. The van der Waals surface area contributed by atoms with E-state index in [2.05, 4.69) is 15.8 Å². The standard InChI is InChI=1S/C19H22ClN3O3/c20-14-8-6-13(7-9-14)17-10-16(23-26-17)11-18(24)21-12-19(25)22-15-4-2-1-3-5-15/h6-10,15H,1-5,11-12H2,(H,21,24)(H,22,25). The molecule has 1 fully saturated rings. The topological polar surface area (TPSA) is 84.2 Å². The van der Waals surface area contributed by atoms with Gasteiger partial charge in [0.1, 0.15) is 0 Å². The molecule has 0 bridgehead atoms. The van der Waals surface area contributed by atoms with Gasteiger partial charge in [0.2, 0.25) is 11.8 Å². The van der Waals surface area contributed by atoms with Crippen LogP contribution in [0.5, 0.6) is 0 Å². The summed E-state index contributed by atoms with van der Waals surface area (Å²) in [6.45, 7) is -0.0166. The summed E-state index contributed by atoms with van der Waals surface area (Å²) < 4.78 is 5.27. The lowest BCUT2D eigenvalue weighted by Crippen LogP contribution is -2.43. The van der Waals surface area contributed by atoms with Crippen molar-refractivity contribution in [2.75, 3.05) is 6.54 Å². The monoisotopic (exact) mass is 375 g/mol. The number of carbonyl (C=O) groups is 2. The van der Waals surface area contributed by atoms with Crippen LogP contribution < -0.4 is 10.6 Å². The van der Waals surface area contributed by atoms with E-state index >= 15 is 0 Å². The van der Waals surface area contributed by atoms with Crippen molar-refractivity contribution in [2.45, 2.75) is 44.6 Å². The van der Waals surface area contributed by atoms with Crippen LogP contribution in [-0.2, 0) is 16.0 Å². The summed E-state index contributed by atoms with van der Waals surface area (Å²) in [6.07, 6.45) is 5.64. The summed E-state index contributed by atoms with van der Waals surface area (Å²) in [5.74, 6) is 0.159. The van der Waals surface area contributed by atoms with Crippen molar-refractivity contribution >= 4 is 23.4 Å². The van der Waals surface area contributed by atoms with E-state index < -0.39 is 0 Å². The molecule has 2 N–H and O–H groups in total. The molecular formula is C19H22ClN3O3. The van der Waals surface area contributed by atoms with Gasteiger partial charge in [0.15, 0.2) is 5.76 Å². The van der Waals surface area contributed by atoms with E-state index in [1.807, 2.05) is 12.1 Å². The van der Waals surface area contributed by atoms with Gasteiger partial charge in [0.25, 0.3) is 0 Å². The maximum atomic E-state index is 12.0. The van der Waals surface area contributed by atoms with E-state index in [0.717, 1.165) is 31.2 Å². The summed E-state index contributed by atoms with van der Waals surface area (Å²) in [5, 5.41) is 10.1. The molecule has 2 aromatic rings. The molecule has 0 radical (unpaired) electrons. The van der Waals surface area contributed by atoms with Gasteiger partial charge in [-0.15, -0.1) is 0 Å². The number of benzene rings is 1. The van der Waals surface area contributed by atoms with Crippen LogP contribution >= 0.6 is 11.6 Å². The first-order valence-corrected chi connectivity index (χ1v) is 9.25. The molecule has 138 valence electrons. The van der Waals surface area contributed by atoms with E-state index in [9.17, 15) is 9.59 Å². The summed E-state index contributed by atoms with van der Waals surface area (Å²) in [4.78, 5) is 23.9. The van der Waals surface area contributed by atoms with Crippen molar-refractivity contribution in [3.63, 3.8) is 0 Å². The Morgan fingerprint density at radius 1 is 1.12 bits per heavy atom. The number of nitrogens with zero attached hydrogens (tertiary/aromatic N) is 1. The minimum atomic E-state index is -0.264. The Labute approximate surface area is 157 Å². The van der Waals surface area contributed by atoms with Gasteiger partial charge in [-0.05, 0) is 37.1 Å². The largest absolute Gasteiger partial charge is 0.356 e. The number of nitrogens with one attached hydrogen (secondary N) is 2. The Bertz CT molecular complexity index is 752. The van der Waals surface area contributed by atoms with Crippen LogP contribution in [0.25, 0.3) is 11.3 Å². The fourth-order valence-corrected chi connectivity index (χ4v) is 3.20. The van der Waals surface area contributed by atoms with Crippen LogP contribution in [0.1, 0.15) is 37.8 Å². The van der Waals surface area contributed by atoms with Crippen molar-refractivity contribution in [2.24, 2.45) is 0 Å². The molecule has 7 heteroatoms. The van der Waals surface area contributed by atoms with Gasteiger partial charge in [-0.3, -0.25) is 9.59 Å². The van der Waals surface area contributed by atoms with Crippen LogP contribution in [0, 0.1) is 0 Å². The van der Waals surface area contributed by atoms with Crippen molar-refractivity contribution in [1.82, 2.24) is 15.8 Å². The van der Waals surface area contributed by atoms with Gasteiger partial charge in [0.05, 0.1) is 18.7 Å². The molecule has 1 aliphatic carbocycles. The van der Waals surface area contributed by atoms with E-state index in [4.69, 9.17) is 16.1 Å². The molecule has 0 unspecified atom stereocenters. The summed E-state index contributed by atoms with van der Waals surface area (Å²) in [5.41, 5.74) is 1.35. The van der Waals surface area contributed by atoms with Gasteiger partial charge in [-0.2, -0.15) is 0 Å². The van der Waals surface area contributed by atoms with E-state index in [-0.39, 0.29) is 30.8 Å². The second-order valence-electron chi connectivity index (χ2n) is 6.55. The molecule has 2 amide bonds. The zero-order chi connectivity index (χ0) is 18.4. The Hall–Kier alpha value is -2.34. The molecule has 6 nitrogen and oxygen atoms in total. The van der Waals surface area contributed by atoms with Crippen LogP contribution in [0.2, 0.25) is 5.02 Å². The summed E-state index contributed by atoms with van der Waals surface area (Å²) in [6, 6.07) is 9.12. The molecule has 3 rings (SSSR count). The van der Waals surface area contributed by atoms with E-state index in [1.165, 1.54) is 6.42 Å². The zero-order valence-electron chi connectivity index (χ0n) is 14.5. The molecule has 1 heterocycles. The summed E-state index contributed by atoms with van der Waals surface area (Å²) in [7, 11) is 0. The van der Waals surface area contributed by atoms with Gasteiger partial charge < -0.3 is 15.2 Å². The maximum Gasteiger partial charge on any atom is 0.239 e. The third-order valence-electron chi connectivity index (χ3n) is 4.45. The first kappa shape index (κ1) is 18.5. The van der Waals surface area contributed by atoms with E-state index in [1.54, 1.807) is 18.2 Å². The maximum absolute atomic E-state index is 12.0. The van der Waals surface area contributed by atoms with Gasteiger partial charge in [0, 0.05) is 22.7 Å². The Morgan fingerprint density at radius 2 is 1.85 bits per heavy atom. The second kappa shape index (κ2) is 8.85. The lowest BCUT2D eigenvalue weighted by molar-refractivity contribution is -0.126. The molecular weight excluding hydrogens is 354 g/mol. The van der Waals surface area contributed by atoms with Crippen LogP contribution in [0.3, 0.4) is 0 Å². The first-order chi connectivity index (χ1) is 12.6. The number of rotatable bonds is 6. The van der Waals surface area contributed by atoms with Crippen molar-refractivity contribution in [3.8, 4) is 11.3 Å². The lowest BCUT2D eigenvalue weighted by Gasteiger charge is -2.22. The van der Waals surface area contributed by atoms with E-state index in [0.29, 0.717) is 16.5 Å². The molecule has 0 atom stereocenters. The predicted molar refractivity (Wildman–Crippen MR) is 98.7 cm³/mol. The number of hydrogen-bond donors (Lipinski definition) is 2. The number of hydrogen-bond acceptors (Lipinski definition) is 4. The fourth-order valence-electron chi connectivity index (χ4n) is 3.08. The van der Waals surface area contributed by atoms with Crippen molar-refractivity contribution in [1.29, 1.82) is 0 Å². The zero-order valence-corrected chi connectivity index (χ0v) is 15.2.